The molecule has 3 atom stereocenters. The molecule has 1 aromatic heterocycles. The minimum absolute atomic E-state index is 0.185. The molecule has 0 radical (unpaired) electrons. The lowest BCUT2D eigenvalue weighted by atomic mass is 9.89. The summed E-state index contributed by atoms with van der Waals surface area (Å²) in [6, 6.07) is 4.53. The number of hydrogen-bond donors (Lipinski definition) is 1. The van der Waals surface area contributed by atoms with Gasteiger partial charge in [-0.2, -0.15) is 0 Å². The molecule has 0 aromatic carbocycles. The van der Waals surface area contributed by atoms with E-state index < -0.39 is 5.97 Å². The van der Waals surface area contributed by atoms with Gasteiger partial charge in [0.1, 0.15) is 0 Å². The molecule has 0 saturated carbocycles. The van der Waals surface area contributed by atoms with E-state index in [9.17, 15) is 4.79 Å². The van der Waals surface area contributed by atoms with Gasteiger partial charge in [-0.3, -0.25) is 9.78 Å². The van der Waals surface area contributed by atoms with Crippen molar-refractivity contribution < 1.29 is 9.90 Å². The van der Waals surface area contributed by atoms with Crippen molar-refractivity contribution in [1.82, 2.24) is 4.98 Å². The third-order valence-corrected chi connectivity index (χ3v) is 3.81. The van der Waals surface area contributed by atoms with Crippen LogP contribution in [-0.2, 0) is 4.79 Å². The molecule has 2 saturated heterocycles. The Bertz CT molecular complexity index is 407. The predicted octanol–water partition coefficient (Wildman–Crippen LogP) is 1.52. The van der Waals surface area contributed by atoms with Crippen molar-refractivity contribution in [3.63, 3.8) is 0 Å². The summed E-state index contributed by atoms with van der Waals surface area (Å²) >= 11 is 0. The summed E-state index contributed by atoms with van der Waals surface area (Å²) in [7, 11) is 0. The molecular formula is C12H14N2O2. The molecule has 2 bridgehead atoms. The van der Waals surface area contributed by atoms with Crippen LogP contribution in [0.15, 0.2) is 24.5 Å². The van der Waals surface area contributed by atoms with Gasteiger partial charge in [0, 0.05) is 30.2 Å². The van der Waals surface area contributed by atoms with Crippen molar-refractivity contribution in [2.24, 2.45) is 5.92 Å². The number of nitrogens with zero attached hydrogens (tertiary/aromatic N) is 2. The molecule has 0 spiro atoms. The summed E-state index contributed by atoms with van der Waals surface area (Å²) < 4.78 is 0. The fourth-order valence-electron chi connectivity index (χ4n) is 3.17. The molecule has 4 nitrogen and oxygen atoms in total. The normalized spacial score (nSPS) is 32.0. The van der Waals surface area contributed by atoms with E-state index in [0.29, 0.717) is 6.04 Å². The van der Waals surface area contributed by atoms with Crippen molar-refractivity contribution in [2.45, 2.75) is 31.3 Å². The second-order valence-electron chi connectivity index (χ2n) is 4.59. The van der Waals surface area contributed by atoms with Gasteiger partial charge in [-0.05, 0) is 31.4 Å². The Balaban J connectivity index is 1.91. The quantitative estimate of drug-likeness (QED) is 0.817. The number of aliphatic carboxylic acids is 1. The fourth-order valence-corrected chi connectivity index (χ4v) is 3.17. The van der Waals surface area contributed by atoms with E-state index >= 15 is 0 Å². The molecule has 4 heteroatoms. The third kappa shape index (κ3) is 1.29. The largest absolute Gasteiger partial charge is 0.481 e. The zero-order valence-corrected chi connectivity index (χ0v) is 8.91. The molecule has 1 aromatic rings. The zero-order valence-electron chi connectivity index (χ0n) is 8.91. The number of rotatable bonds is 2. The maximum Gasteiger partial charge on any atom is 0.308 e. The number of carboxylic acids is 1. The van der Waals surface area contributed by atoms with E-state index in [1.807, 2.05) is 12.1 Å². The average Bonchev–Trinajstić information content (AvgIpc) is 2.87. The van der Waals surface area contributed by atoms with Crippen LogP contribution in [0.4, 0.5) is 5.69 Å². The van der Waals surface area contributed by atoms with Crippen LogP contribution in [0, 0.1) is 5.92 Å². The van der Waals surface area contributed by atoms with Gasteiger partial charge >= 0.3 is 5.97 Å². The average molecular weight is 218 g/mol. The molecule has 1 N–H and O–H groups in total. The highest BCUT2D eigenvalue weighted by Gasteiger charge is 2.49. The first-order valence-corrected chi connectivity index (χ1v) is 5.68. The van der Waals surface area contributed by atoms with Crippen LogP contribution < -0.4 is 4.90 Å². The number of pyridine rings is 1. The molecule has 84 valence electrons. The van der Waals surface area contributed by atoms with Gasteiger partial charge in [0.15, 0.2) is 0 Å². The second-order valence-corrected chi connectivity index (χ2v) is 4.59. The van der Waals surface area contributed by atoms with E-state index in [2.05, 4.69) is 9.88 Å². The Morgan fingerprint density at radius 1 is 1.38 bits per heavy atom. The molecule has 3 heterocycles. The minimum Gasteiger partial charge on any atom is -0.481 e. The van der Waals surface area contributed by atoms with Crippen molar-refractivity contribution >= 4 is 11.7 Å². The summed E-state index contributed by atoms with van der Waals surface area (Å²) in [6.07, 6.45) is 6.45. The number of hydrogen-bond acceptors (Lipinski definition) is 3. The number of fused-ring (bicyclic) bond motifs is 2. The highest BCUT2D eigenvalue weighted by Crippen LogP contribution is 2.44. The van der Waals surface area contributed by atoms with Crippen molar-refractivity contribution in [2.75, 3.05) is 4.90 Å². The summed E-state index contributed by atoms with van der Waals surface area (Å²) in [5.41, 5.74) is 1.12. The van der Waals surface area contributed by atoms with Crippen LogP contribution >= 0.6 is 0 Å². The first-order chi connectivity index (χ1) is 7.77. The first-order valence-electron chi connectivity index (χ1n) is 5.68. The Hall–Kier alpha value is -1.58. The minimum atomic E-state index is -0.647. The molecule has 2 aliphatic heterocycles. The Labute approximate surface area is 93.9 Å². The molecule has 0 aliphatic carbocycles. The molecule has 3 rings (SSSR count). The van der Waals surface area contributed by atoms with Crippen molar-refractivity contribution in [1.29, 1.82) is 0 Å². The van der Waals surface area contributed by atoms with Crippen molar-refractivity contribution in [3.05, 3.63) is 24.5 Å². The lowest BCUT2D eigenvalue weighted by Gasteiger charge is -2.25. The van der Waals surface area contributed by atoms with Gasteiger partial charge in [-0.15, -0.1) is 0 Å². The lowest BCUT2D eigenvalue weighted by Crippen LogP contribution is -2.32. The number of aromatic nitrogens is 1. The highest BCUT2D eigenvalue weighted by atomic mass is 16.4. The van der Waals surface area contributed by atoms with E-state index in [4.69, 9.17) is 5.11 Å². The standard InChI is InChI=1S/C12H14N2O2/c15-12(16)10-7-9-1-2-11(10)14(9)8-3-5-13-6-4-8/h3-6,9-11H,1-2,7H2,(H,15,16). The predicted molar refractivity (Wildman–Crippen MR) is 59.3 cm³/mol. The summed E-state index contributed by atoms with van der Waals surface area (Å²) in [6.45, 7) is 0. The maximum atomic E-state index is 11.1. The van der Waals surface area contributed by atoms with Gasteiger partial charge in [0.05, 0.1) is 5.92 Å². The number of carbonyl (C=O) groups is 1. The van der Waals surface area contributed by atoms with Crippen LogP contribution in [0.1, 0.15) is 19.3 Å². The van der Waals surface area contributed by atoms with Crippen molar-refractivity contribution in [3.8, 4) is 0 Å². The maximum absolute atomic E-state index is 11.1. The number of anilines is 1. The Morgan fingerprint density at radius 2 is 2.12 bits per heavy atom. The topological polar surface area (TPSA) is 53.4 Å². The molecule has 3 unspecified atom stereocenters. The van der Waals surface area contributed by atoms with Crippen LogP contribution in [0.3, 0.4) is 0 Å². The molecule has 2 fully saturated rings. The van der Waals surface area contributed by atoms with Crippen LogP contribution in [0.5, 0.6) is 0 Å². The van der Waals surface area contributed by atoms with E-state index in [1.54, 1.807) is 12.4 Å². The molecule has 0 amide bonds. The smallest absolute Gasteiger partial charge is 0.308 e. The van der Waals surface area contributed by atoms with Gasteiger partial charge in [0.2, 0.25) is 0 Å². The van der Waals surface area contributed by atoms with Crippen LogP contribution in [0.25, 0.3) is 0 Å². The third-order valence-electron chi connectivity index (χ3n) is 3.81. The van der Waals surface area contributed by atoms with Gasteiger partial charge in [0.25, 0.3) is 0 Å². The molecular weight excluding hydrogens is 204 g/mol. The van der Waals surface area contributed by atoms with E-state index in [-0.39, 0.29) is 12.0 Å². The number of carboxylic acid groups (broad SMARTS) is 1. The van der Waals surface area contributed by atoms with E-state index in [0.717, 1.165) is 24.9 Å². The van der Waals surface area contributed by atoms with E-state index in [1.165, 1.54) is 0 Å². The van der Waals surface area contributed by atoms with Gasteiger partial charge in [-0.1, -0.05) is 0 Å². The van der Waals surface area contributed by atoms with Gasteiger partial charge in [-0.25, -0.2) is 0 Å². The first kappa shape index (κ1) is 9.63. The Morgan fingerprint density at radius 3 is 2.75 bits per heavy atom. The van der Waals surface area contributed by atoms with Crippen LogP contribution in [-0.4, -0.2) is 28.1 Å². The monoisotopic (exact) mass is 218 g/mol. The lowest BCUT2D eigenvalue weighted by molar-refractivity contribution is -0.142. The summed E-state index contributed by atoms with van der Waals surface area (Å²) in [5, 5.41) is 9.16. The highest BCUT2D eigenvalue weighted by molar-refractivity contribution is 5.74. The molecule has 2 aliphatic rings. The molecule has 16 heavy (non-hydrogen) atoms. The summed E-state index contributed by atoms with van der Waals surface area (Å²) in [5.74, 6) is -0.835. The Kier molecular flexibility index (Phi) is 2.09. The fraction of sp³-hybridized carbons (Fsp3) is 0.500. The van der Waals surface area contributed by atoms with Crippen LogP contribution in [0.2, 0.25) is 0 Å². The SMILES string of the molecule is O=C(O)C1CC2CCC1N2c1ccncc1. The second kappa shape index (κ2) is 3.47. The summed E-state index contributed by atoms with van der Waals surface area (Å²) in [4.78, 5) is 17.4. The zero-order chi connectivity index (χ0) is 11.1. The van der Waals surface area contributed by atoms with Gasteiger partial charge < -0.3 is 10.0 Å².